The summed E-state index contributed by atoms with van der Waals surface area (Å²) in [5, 5.41) is 20.8. The van der Waals surface area contributed by atoms with Crippen molar-refractivity contribution in [2.75, 3.05) is 7.05 Å². The van der Waals surface area contributed by atoms with E-state index in [1.807, 2.05) is 0 Å². The predicted molar refractivity (Wildman–Crippen MR) is 102 cm³/mol. The molecule has 3 amide bonds. The molecule has 0 fully saturated rings. The van der Waals surface area contributed by atoms with Crippen molar-refractivity contribution < 1.29 is 19.5 Å². The third kappa shape index (κ3) is 5.90. The van der Waals surface area contributed by atoms with Gasteiger partial charge in [-0.15, -0.1) is 5.11 Å². The Morgan fingerprint density at radius 1 is 1.11 bits per heavy atom. The molecule has 28 heavy (non-hydrogen) atoms. The van der Waals surface area contributed by atoms with Crippen LogP contribution in [0.5, 0.6) is 5.75 Å². The van der Waals surface area contributed by atoms with Gasteiger partial charge in [0.1, 0.15) is 11.8 Å². The summed E-state index contributed by atoms with van der Waals surface area (Å²) < 4.78 is 0. The molecule has 0 bridgehead atoms. The molecule has 146 valence electrons. The molecule has 0 radical (unpaired) electrons. The zero-order chi connectivity index (χ0) is 20.7. The molecule has 1 atom stereocenters. The van der Waals surface area contributed by atoms with E-state index in [1.54, 1.807) is 24.3 Å². The highest BCUT2D eigenvalue weighted by atomic mass is 16.3. The van der Waals surface area contributed by atoms with Gasteiger partial charge in [-0.25, -0.2) is 5.01 Å². The predicted octanol–water partition coefficient (Wildman–Crippen LogP) is 1.70. The first kappa shape index (κ1) is 20.6. The largest absolute Gasteiger partial charge is 0.508 e. The Kier molecular flexibility index (Phi) is 6.80. The number of nitrogens with one attached hydrogen (secondary N) is 1. The minimum Gasteiger partial charge on any atom is -0.508 e. The SMILES string of the molecule is CC(=O)N[C@@H](Cc1ccc(O)cc1)C(=O)N(C)N=Nc1ccc(C(N)=O)cc1. The van der Waals surface area contributed by atoms with Crippen molar-refractivity contribution in [1.29, 1.82) is 0 Å². The minimum atomic E-state index is -0.844. The molecule has 2 aromatic rings. The van der Waals surface area contributed by atoms with Gasteiger partial charge in [-0.1, -0.05) is 17.4 Å². The molecular formula is C19H21N5O4. The van der Waals surface area contributed by atoms with Crippen LogP contribution in [0.4, 0.5) is 5.69 Å². The standard InChI is InChI=1S/C19H21N5O4/c1-12(25)21-17(11-13-3-9-16(26)10-4-13)19(28)24(2)23-22-15-7-5-14(6-8-15)18(20)27/h3-10,17,26H,11H2,1-2H3,(H2,20,27)(H,21,25)/t17-/m0/s1. The maximum absolute atomic E-state index is 12.7. The Morgan fingerprint density at radius 3 is 2.25 bits per heavy atom. The molecule has 0 aliphatic rings. The summed E-state index contributed by atoms with van der Waals surface area (Å²) >= 11 is 0. The van der Waals surface area contributed by atoms with Crippen LogP contribution < -0.4 is 11.1 Å². The lowest BCUT2D eigenvalue weighted by atomic mass is 10.0. The number of hydrogen-bond donors (Lipinski definition) is 3. The molecule has 0 saturated heterocycles. The molecule has 0 spiro atoms. The van der Waals surface area contributed by atoms with E-state index in [2.05, 4.69) is 15.7 Å². The highest BCUT2D eigenvalue weighted by Crippen LogP contribution is 2.15. The molecule has 0 aromatic heterocycles. The number of nitrogens with zero attached hydrogens (tertiary/aromatic N) is 3. The Hall–Kier alpha value is -3.75. The third-order valence-electron chi connectivity index (χ3n) is 3.82. The number of phenols is 1. The van der Waals surface area contributed by atoms with Gasteiger partial charge in [0.2, 0.25) is 11.8 Å². The molecule has 9 heteroatoms. The zero-order valence-electron chi connectivity index (χ0n) is 15.5. The molecule has 9 nitrogen and oxygen atoms in total. The summed E-state index contributed by atoms with van der Waals surface area (Å²) in [6.07, 6.45) is 0.228. The molecule has 0 aliphatic heterocycles. The second-order valence-electron chi connectivity index (χ2n) is 6.09. The Morgan fingerprint density at radius 2 is 1.71 bits per heavy atom. The molecule has 0 unspecified atom stereocenters. The van der Waals surface area contributed by atoms with Gasteiger partial charge in [0.05, 0.1) is 5.69 Å². The molecule has 2 aromatic carbocycles. The monoisotopic (exact) mass is 383 g/mol. The number of benzene rings is 2. The van der Waals surface area contributed by atoms with Crippen molar-refractivity contribution in [3.63, 3.8) is 0 Å². The van der Waals surface area contributed by atoms with Crippen molar-refractivity contribution in [2.45, 2.75) is 19.4 Å². The van der Waals surface area contributed by atoms with Crippen LogP contribution >= 0.6 is 0 Å². The molecule has 0 heterocycles. The lowest BCUT2D eigenvalue weighted by Gasteiger charge is -2.20. The number of primary amides is 1. The van der Waals surface area contributed by atoms with Crippen LogP contribution in [-0.2, 0) is 16.0 Å². The highest BCUT2D eigenvalue weighted by Gasteiger charge is 2.23. The number of aromatic hydroxyl groups is 1. The van der Waals surface area contributed by atoms with E-state index < -0.39 is 17.9 Å². The van der Waals surface area contributed by atoms with Gasteiger partial charge in [-0.05, 0) is 42.0 Å². The molecule has 0 aliphatic carbocycles. The van der Waals surface area contributed by atoms with Crippen molar-refractivity contribution in [3.8, 4) is 5.75 Å². The number of hydrogen-bond acceptors (Lipinski definition) is 6. The fraction of sp³-hybridized carbons (Fsp3) is 0.211. The van der Waals surface area contributed by atoms with Crippen molar-refractivity contribution in [2.24, 2.45) is 16.1 Å². The van der Waals surface area contributed by atoms with Crippen LogP contribution in [0.2, 0.25) is 0 Å². The van der Waals surface area contributed by atoms with E-state index >= 15 is 0 Å². The summed E-state index contributed by atoms with van der Waals surface area (Å²) in [6, 6.07) is 11.6. The first-order chi connectivity index (χ1) is 13.3. The molecule has 2 rings (SSSR count). The van der Waals surface area contributed by atoms with Crippen LogP contribution in [0.3, 0.4) is 0 Å². The average Bonchev–Trinajstić information content (AvgIpc) is 2.66. The smallest absolute Gasteiger partial charge is 0.266 e. The fourth-order valence-corrected chi connectivity index (χ4v) is 2.39. The van der Waals surface area contributed by atoms with Gasteiger partial charge in [0, 0.05) is 26.0 Å². The van der Waals surface area contributed by atoms with Crippen molar-refractivity contribution >= 4 is 23.4 Å². The molecular weight excluding hydrogens is 362 g/mol. The second kappa shape index (κ2) is 9.26. The number of amides is 3. The maximum Gasteiger partial charge on any atom is 0.266 e. The number of rotatable bonds is 7. The number of carbonyl (C=O) groups excluding carboxylic acids is 3. The first-order valence-corrected chi connectivity index (χ1v) is 8.40. The van der Waals surface area contributed by atoms with E-state index in [-0.39, 0.29) is 18.1 Å². The van der Waals surface area contributed by atoms with Crippen LogP contribution in [0.15, 0.2) is 58.9 Å². The number of carbonyl (C=O) groups is 3. The first-order valence-electron chi connectivity index (χ1n) is 8.40. The van der Waals surface area contributed by atoms with E-state index in [1.165, 1.54) is 38.2 Å². The normalized spacial score (nSPS) is 11.8. The maximum atomic E-state index is 12.7. The van der Waals surface area contributed by atoms with Crippen molar-refractivity contribution in [1.82, 2.24) is 10.3 Å². The summed E-state index contributed by atoms with van der Waals surface area (Å²) in [5.41, 5.74) is 6.70. The Balaban J connectivity index is 2.09. The Labute approximate surface area is 161 Å². The van der Waals surface area contributed by atoms with Crippen LogP contribution in [0.25, 0.3) is 0 Å². The third-order valence-corrected chi connectivity index (χ3v) is 3.82. The topological polar surface area (TPSA) is 137 Å². The minimum absolute atomic E-state index is 0.111. The van der Waals surface area contributed by atoms with Crippen molar-refractivity contribution in [3.05, 3.63) is 59.7 Å². The van der Waals surface area contributed by atoms with Crippen LogP contribution in [0, 0.1) is 0 Å². The summed E-state index contributed by atoms with van der Waals surface area (Å²) in [4.78, 5) is 35.2. The summed E-state index contributed by atoms with van der Waals surface area (Å²) in [5.74, 6) is -1.26. The zero-order valence-corrected chi connectivity index (χ0v) is 15.5. The number of nitrogens with two attached hydrogens (primary N) is 1. The van der Waals surface area contributed by atoms with Gasteiger partial charge >= 0.3 is 0 Å². The van der Waals surface area contributed by atoms with Gasteiger partial charge in [0.25, 0.3) is 5.91 Å². The van der Waals surface area contributed by atoms with E-state index in [0.717, 1.165) is 10.6 Å². The molecule has 4 N–H and O–H groups in total. The van der Waals surface area contributed by atoms with Gasteiger partial charge in [-0.2, -0.15) is 0 Å². The van der Waals surface area contributed by atoms with E-state index in [4.69, 9.17) is 5.73 Å². The lowest BCUT2D eigenvalue weighted by molar-refractivity contribution is -0.135. The lowest BCUT2D eigenvalue weighted by Crippen LogP contribution is -2.46. The number of likely N-dealkylation sites (N-methyl/N-ethyl adjacent to an activating group) is 1. The summed E-state index contributed by atoms with van der Waals surface area (Å²) in [6.45, 7) is 1.32. The van der Waals surface area contributed by atoms with E-state index in [9.17, 15) is 19.5 Å². The second-order valence-corrected chi connectivity index (χ2v) is 6.09. The fourth-order valence-electron chi connectivity index (χ4n) is 2.39. The van der Waals surface area contributed by atoms with Gasteiger partial charge in [0.15, 0.2) is 0 Å². The Bertz CT molecular complexity index is 878. The van der Waals surface area contributed by atoms with Gasteiger partial charge < -0.3 is 16.2 Å². The van der Waals surface area contributed by atoms with Crippen LogP contribution in [0.1, 0.15) is 22.8 Å². The molecule has 0 saturated carbocycles. The number of phenolic OH excluding ortho intramolecular Hbond substituents is 1. The van der Waals surface area contributed by atoms with Gasteiger partial charge in [-0.3, -0.25) is 14.4 Å². The quantitative estimate of drug-likeness (QED) is 0.495. The van der Waals surface area contributed by atoms with Crippen LogP contribution in [-0.4, -0.2) is 40.9 Å². The van der Waals surface area contributed by atoms with E-state index in [0.29, 0.717) is 11.3 Å². The average molecular weight is 383 g/mol. The highest BCUT2D eigenvalue weighted by molar-refractivity contribution is 5.93. The summed E-state index contributed by atoms with van der Waals surface area (Å²) in [7, 11) is 1.43.